The molecule has 38 heavy (non-hydrogen) atoms. The fourth-order valence-electron chi connectivity index (χ4n) is 3.97. The van der Waals surface area contributed by atoms with E-state index in [1.807, 2.05) is 109 Å². The summed E-state index contributed by atoms with van der Waals surface area (Å²) in [6.45, 7) is 0.824. The Labute approximate surface area is 232 Å². The molecule has 4 nitrogen and oxygen atoms in total. The van der Waals surface area contributed by atoms with E-state index in [9.17, 15) is 0 Å². The van der Waals surface area contributed by atoms with Gasteiger partial charge < -0.3 is 14.2 Å². The Balaban J connectivity index is 1.34. The average molecular weight is 542 g/mol. The lowest BCUT2D eigenvalue weighted by molar-refractivity contribution is 0.284. The summed E-state index contributed by atoms with van der Waals surface area (Å²) in [6.07, 6.45) is 3.88. The fraction of sp³-hybridized carbons (Fsp3) is 0.0938. The van der Waals surface area contributed by atoms with Crippen LogP contribution in [0, 0.1) is 0 Å². The number of methoxy groups -OCH3 is 1. The molecule has 0 aliphatic heterocycles. The summed E-state index contributed by atoms with van der Waals surface area (Å²) >= 11 is 12.6. The van der Waals surface area contributed by atoms with Gasteiger partial charge in [0.05, 0.1) is 17.8 Å². The molecule has 0 spiro atoms. The van der Waals surface area contributed by atoms with Crippen LogP contribution in [0.2, 0.25) is 10.0 Å². The largest absolute Gasteiger partial charge is 0.493 e. The monoisotopic (exact) mass is 541 g/mol. The molecule has 0 aliphatic rings. The molecule has 1 heterocycles. The average Bonchev–Trinajstić information content (AvgIpc) is 2.95. The minimum Gasteiger partial charge on any atom is -0.493 e. The van der Waals surface area contributed by atoms with Gasteiger partial charge in [0.1, 0.15) is 24.5 Å². The Morgan fingerprint density at radius 1 is 0.711 bits per heavy atom. The number of pyridine rings is 1. The first-order valence-electron chi connectivity index (χ1n) is 12.1. The summed E-state index contributed by atoms with van der Waals surface area (Å²) < 4.78 is 17.6. The SMILES string of the molecule is COc1cc(C=Cc2ccc3cccc(OCc4ccc(Cl)cc4)c3n2)cc(Cl)c1OCc1ccccc1. The number of benzene rings is 4. The molecule has 5 aromatic rings. The van der Waals surface area contributed by atoms with Crippen LogP contribution < -0.4 is 14.2 Å². The zero-order valence-corrected chi connectivity index (χ0v) is 22.2. The summed E-state index contributed by atoms with van der Waals surface area (Å²) in [4.78, 5) is 4.84. The number of halogens is 2. The molecule has 0 saturated heterocycles. The zero-order chi connectivity index (χ0) is 26.3. The van der Waals surface area contributed by atoms with Crippen molar-refractivity contribution in [2.75, 3.05) is 7.11 Å². The number of nitrogens with zero attached hydrogens (tertiary/aromatic N) is 1. The number of ether oxygens (including phenoxy) is 3. The van der Waals surface area contributed by atoms with Crippen LogP contribution in [0.15, 0.2) is 97.1 Å². The molecule has 0 aliphatic carbocycles. The number of aromatic nitrogens is 1. The first-order valence-corrected chi connectivity index (χ1v) is 12.8. The maximum Gasteiger partial charge on any atom is 0.180 e. The van der Waals surface area contributed by atoms with Gasteiger partial charge >= 0.3 is 0 Å². The number of fused-ring (bicyclic) bond motifs is 1. The Kier molecular flexibility index (Phi) is 8.12. The van der Waals surface area contributed by atoms with Crippen molar-refractivity contribution in [3.05, 3.63) is 129 Å². The van der Waals surface area contributed by atoms with Crippen molar-refractivity contribution >= 4 is 46.3 Å². The standard InChI is InChI=1S/C32H25Cl2NO3/c1-36-30-19-24(18-28(34)32(30)38-21-22-6-3-2-4-7-22)12-16-27-17-13-25-8-5-9-29(31(25)35-27)37-20-23-10-14-26(33)15-11-23/h2-19H,20-21H2,1H3. The second-order valence-electron chi connectivity index (χ2n) is 8.62. The third kappa shape index (κ3) is 6.28. The van der Waals surface area contributed by atoms with Gasteiger partial charge in [0.2, 0.25) is 0 Å². The highest BCUT2D eigenvalue weighted by atomic mass is 35.5. The van der Waals surface area contributed by atoms with Gasteiger partial charge in [-0.05, 0) is 59.2 Å². The van der Waals surface area contributed by atoms with Crippen molar-refractivity contribution in [3.63, 3.8) is 0 Å². The van der Waals surface area contributed by atoms with Gasteiger partial charge in [-0.1, -0.05) is 89.9 Å². The highest BCUT2D eigenvalue weighted by Gasteiger charge is 2.12. The first-order chi connectivity index (χ1) is 18.6. The molecule has 0 N–H and O–H groups in total. The summed E-state index contributed by atoms with van der Waals surface area (Å²) in [5.41, 5.74) is 4.54. The molecule has 4 aromatic carbocycles. The van der Waals surface area contributed by atoms with E-state index in [4.69, 9.17) is 42.4 Å². The van der Waals surface area contributed by atoms with E-state index in [1.54, 1.807) is 7.11 Å². The van der Waals surface area contributed by atoms with Gasteiger partial charge in [-0.2, -0.15) is 0 Å². The number of para-hydroxylation sites is 1. The van der Waals surface area contributed by atoms with Gasteiger partial charge in [-0.25, -0.2) is 4.98 Å². The van der Waals surface area contributed by atoms with Crippen LogP contribution in [0.4, 0.5) is 0 Å². The molecule has 0 radical (unpaired) electrons. The first kappa shape index (κ1) is 25.7. The Hall–Kier alpha value is -3.99. The highest BCUT2D eigenvalue weighted by Crippen LogP contribution is 2.37. The highest BCUT2D eigenvalue weighted by molar-refractivity contribution is 6.32. The van der Waals surface area contributed by atoms with Gasteiger partial charge in [0, 0.05) is 10.4 Å². The molecular weight excluding hydrogens is 517 g/mol. The van der Waals surface area contributed by atoms with Crippen LogP contribution in [0.3, 0.4) is 0 Å². The quantitative estimate of drug-likeness (QED) is 0.187. The fourth-order valence-corrected chi connectivity index (χ4v) is 4.37. The number of rotatable bonds is 9. The summed E-state index contributed by atoms with van der Waals surface area (Å²) in [7, 11) is 1.60. The Morgan fingerprint density at radius 3 is 2.26 bits per heavy atom. The molecule has 0 unspecified atom stereocenters. The van der Waals surface area contributed by atoms with Crippen molar-refractivity contribution < 1.29 is 14.2 Å². The minimum absolute atomic E-state index is 0.398. The van der Waals surface area contributed by atoms with Crippen LogP contribution >= 0.6 is 23.2 Å². The van der Waals surface area contributed by atoms with E-state index in [2.05, 4.69) is 0 Å². The molecule has 0 saturated carbocycles. The van der Waals surface area contributed by atoms with Gasteiger partial charge in [-0.15, -0.1) is 0 Å². The molecule has 0 atom stereocenters. The molecule has 6 heteroatoms. The lowest BCUT2D eigenvalue weighted by atomic mass is 10.1. The third-order valence-electron chi connectivity index (χ3n) is 5.94. The topological polar surface area (TPSA) is 40.6 Å². The maximum absolute atomic E-state index is 6.58. The van der Waals surface area contributed by atoms with Crippen molar-refractivity contribution in [3.8, 4) is 17.2 Å². The molecule has 0 amide bonds. The molecule has 190 valence electrons. The maximum atomic E-state index is 6.58. The van der Waals surface area contributed by atoms with Crippen LogP contribution in [-0.4, -0.2) is 12.1 Å². The Bertz CT molecular complexity index is 1570. The van der Waals surface area contributed by atoms with Crippen molar-refractivity contribution in [2.24, 2.45) is 0 Å². The van der Waals surface area contributed by atoms with E-state index in [0.717, 1.165) is 39.0 Å². The third-order valence-corrected chi connectivity index (χ3v) is 6.47. The lowest BCUT2D eigenvalue weighted by Crippen LogP contribution is -1.98. The normalized spacial score (nSPS) is 11.1. The summed E-state index contributed by atoms with van der Waals surface area (Å²) in [5, 5.41) is 2.18. The molecule has 0 fully saturated rings. The number of hydrogen-bond acceptors (Lipinski definition) is 4. The van der Waals surface area contributed by atoms with Crippen LogP contribution in [0.25, 0.3) is 23.1 Å². The Morgan fingerprint density at radius 2 is 1.47 bits per heavy atom. The summed E-state index contributed by atoms with van der Waals surface area (Å²) in [6, 6.07) is 31.2. The van der Waals surface area contributed by atoms with E-state index in [-0.39, 0.29) is 0 Å². The van der Waals surface area contributed by atoms with Crippen molar-refractivity contribution in [2.45, 2.75) is 13.2 Å². The van der Waals surface area contributed by atoms with E-state index in [1.165, 1.54) is 0 Å². The zero-order valence-electron chi connectivity index (χ0n) is 20.7. The summed E-state index contributed by atoms with van der Waals surface area (Å²) in [5.74, 6) is 1.80. The minimum atomic E-state index is 0.398. The molecular formula is C32H25Cl2NO3. The van der Waals surface area contributed by atoms with Crippen LogP contribution in [-0.2, 0) is 13.2 Å². The molecule has 5 rings (SSSR count). The van der Waals surface area contributed by atoms with Crippen molar-refractivity contribution in [1.82, 2.24) is 4.98 Å². The van der Waals surface area contributed by atoms with E-state index >= 15 is 0 Å². The predicted molar refractivity (Wildman–Crippen MR) is 155 cm³/mol. The van der Waals surface area contributed by atoms with Gasteiger partial charge in [0.15, 0.2) is 11.5 Å². The second kappa shape index (κ2) is 12.0. The van der Waals surface area contributed by atoms with Crippen LogP contribution in [0.1, 0.15) is 22.4 Å². The lowest BCUT2D eigenvalue weighted by Gasteiger charge is -2.13. The van der Waals surface area contributed by atoms with Crippen molar-refractivity contribution in [1.29, 1.82) is 0 Å². The number of hydrogen-bond donors (Lipinski definition) is 0. The van der Waals surface area contributed by atoms with E-state index in [0.29, 0.717) is 34.8 Å². The van der Waals surface area contributed by atoms with Crippen LogP contribution in [0.5, 0.6) is 17.2 Å². The smallest absolute Gasteiger partial charge is 0.180 e. The predicted octanol–water partition coefficient (Wildman–Crippen LogP) is 8.88. The van der Waals surface area contributed by atoms with E-state index < -0.39 is 0 Å². The molecule has 1 aromatic heterocycles. The van der Waals surface area contributed by atoms with Gasteiger partial charge in [-0.3, -0.25) is 0 Å². The second-order valence-corrected chi connectivity index (χ2v) is 9.46. The molecule has 0 bridgehead atoms. The van der Waals surface area contributed by atoms with Gasteiger partial charge in [0.25, 0.3) is 0 Å².